The van der Waals surface area contributed by atoms with Gasteiger partial charge >= 0.3 is 0 Å². The highest BCUT2D eigenvalue weighted by Crippen LogP contribution is 2.50. The van der Waals surface area contributed by atoms with Crippen molar-refractivity contribution < 1.29 is 13.2 Å². The van der Waals surface area contributed by atoms with Gasteiger partial charge in [0.05, 0.1) is 17.1 Å². The number of ether oxygens (including phenoxy) is 1. The van der Waals surface area contributed by atoms with Crippen LogP contribution in [-0.2, 0) is 14.6 Å². The Morgan fingerprint density at radius 1 is 1.31 bits per heavy atom. The monoisotopic (exact) mass is 243 g/mol. The summed E-state index contributed by atoms with van der Waals surface area (Å²) in [5.74, 6) is 0.207. The van der Waals surface area contributed by atoms with Gasteiger partial charge in [-0.25, -0.2) is 8.42 Å². The molecule has 2 fully saturated rings. The van der Waals surface area contributed by atoms with Gasteiger partial charge in [-0.1, -0.05) is 0 Å². The van der Waals surface area contributed by atoms with Crippen molar-refractivity contribution in [3.63, 3.8) is 0 Å². The van der Waals surface area contributed by atoms with Crippen LogP contribution >= 0.6 is 0 Å². The van der Waals surface area contributed by atoms with Crippen molar-refractivity contribution in [1.29, 1.82) is 5.26 Å². The molecular formula is C11H17NO3S. The summed E-state index contributed by atoms with van der Waals surface area (Å²) < 4.78 is 29.5. The van der Waals surface area contributed by atoms with E-state index in [-0.39, 0.29) is 16.4 Å². The van der Waals surface area contributed by atoms with Gasteiger partial charge in [0.1, 0.15) is 0 Å². The molecule has 0 aromatic carbocycles. The third-order valence-corrected chi connectivity index (χ3v) is 6.10. The first-order chi connectivity index (χ1) is 7.58. The Labute approximate surface area is 96.5 Å². The molecule has 0 amide bonds. The zero-order valence-corrected chi connectivity index (χ0v) is 10.1. The smallest absolute Gasteiger partial charge is 0.153 e. The third kappa shape index (κ3) is 2.55. The summed E-state index contributed by atoms with van der Waals surface area (Å²) in [4.78, 5) is 0. The van der Waals surface area contributed by atoms with Crippen molar-refractivity contribution in [3.8, 4) is 6.07 Å². The molecule has 5 heteroatoms. The summed E-state index contributed by atoms with van der Waals surface area (Å²) in [6.07, 6.45) is 3.40. The van der Waals surface area contributed by atoms with Crippen LogP contribution < -0.4 is 0 Å². The van der Waals surface area contributed by atoms with Crippen LogP contribution in [0.4, 0.5) is 0 Å². The molecule has 2 aliphatic rings. The highest BCUT2D eigenvalue weighted by molar-refractivity contribution is 7.92. The number of nitrogens with zero attached hydrogens (tertiary/aromatic N) is 1. The standard InChI is InChI=1S/C11H17NO3S/c12-6-5-11(3-4-11)9-16(13,14)10-1-7-15-8-2-10/h10H,1-5,7-9H2. The first-order valence-electron chi connectivity index (χ1n) is 5.74. The molecule has 0 aromatic rings. The largest absolute Gasteiger partial charge is 0.381 e. The van der Waals surface area contributed by atoms with Crippen LogP contribution in [0, 0.1) is 16.7 Å². The second kappa shape index (κ2) is 4.34. The summed E-state index contributed by atoms with van der Waals surface area (Å²) in [7, 11) is -3.03. The van der Waals surface area contributed by atoms with Crippen LogP contribution in [0.1, 0.15) is 32.1 Å². The highest BCUT2D eigenvalue weighted by Gasteiger charge is 2.47. The summed E-state index contributed by atoms with van der Waals surface area (Å²) in [6.45, 7) is 1.10. The first-order valence-corrected chi connectivity index (χ1v) is 7.46. The van der Waals surface area contributed by atoms with Gasteiger partial charge in [-0.2, -0.15) is 5.26 Å². The summed E-state index contributed by atoms with van der Waals surface area (Å²) in [5.41, 5.74) is -0.202. The number of hydrogen-bond acceptors (Lipinski definition) is 4. The Hall–Kier alpha value is -0.600. The van der Waals surface area contributed by atoms with Crippen molar-refractivity contribution in [2.45, 2.75) is 37.4 Å². The number of rotatable bonds is 4. The van der Waals surface area contributed by atoms with E-state index in [4.69, 9.17) is 10.00 Å². The van der Waals surface area contributed by atoms with E-state index in [1.807, 2.05) is 0 Å². The molecule has 0 unspecified atom stereocenters. The lowest BCUT2D eigenvalue weighted by Crippen LogP contribution is -2.33. The molecule has 1 aliphatic carbocycles. The van der Waals surface area contributed by atoms with Crippen LogP contribution in [0.25, 0.3) is 0 Å². The van der Waals surface area contributed by atoms with Gasteiger partial charge in [-0.3, -0.25) is 0 Å². The average molecular weight is 243 g/mol. The fourth-order valence-electron chi connectivity index (χ4n) is 2.30. The van der Waals surface area contributed by atoms with Crippen molar-refractivity contribution >= 4 is 9.84 Å². The van der Waals surface area contributed by atoms with Gasteiger partial charge in [0.25, 0.3) is 0 Å². The topological polar surface area (TPSA) is 67.2 Å². The Morgan fingerprint density at radius 2 is 1.94 bits per heavy atom. The van der Waals surface area contributed by atoms with E-state index in [1.165, 1.54) is 0 Å². The van der Waals surface area contributed by atoms with Crippen molar-refractivity contribution in [2.75, 3.05) is 19.0 Å². The van der Waals surface area contributed by atoms with E-state index in [2.05, 4.69) is 6.07 Å². The molecule has 4 nitrogen and oxygen atoms in total. The Balaban J connectivity index is 2.00. The molecule has 1 saturated heterocycles. The highest BCUT2D eigenvalue weighted by atomic mass is 32.2. The van der Waals surface area contributed by atoms with Crippen molar-refractivity contribution in [2.24, 2.45) is 5.41 Å². The fraction of sp³-hybridized carbons (Fsp3) is 0.909. The van der Waals surface area contributed by atoms with E-state index in [1.54, 1.807) is 0 Å². The van der Waals surface area contributed by atoms with Crippen LogP contribution in [-0.4, -0.2) is 32.6 Å². The van der Waals surface area contributed by atoms with E-state index < -0.39 is 9.84 Å². The Morgan fingerprint density at radius 3 is 2.44 bits per heavy atom. The zero-order valence-electron chi connectivity index (χ0n) is 9.31. The lowest BCUT2D eigenvalue weighted by molar-refractivity contribution is 0.0982. The second-order valence-electron chi connectivity index (χ2n) is 4.95. The minimum absolute atomic E-state index is 0.202. The molecule has 1 heterocycles. The molecule has 0 bridgehead atoms. The van der Waals surface area contributed by atoms with E-state index in [9.17, 15) is 8.42 Å². The van der Waals surface area contributed by atoms with Crippen LogP contribution in [0.15, 0.2) is 0 Å². The van der Waals surface area contributed by atoms with Crippen LogP contribution in [0.2, 0.25) is 0 Å². The summed E-state index contributed by atoms with van der Waals surface area (Å²) in [6, 6.07) is 2.11. The van der Waals surface area contributed by atoms with E-state index >= 15 is 0 Å². The van der Waals surface area contributed by atoms with Gasteiger partial charge in [0.15, 0.2) is 9.84 Å². The first kappa shape index (κ1) is 11.9. The van der Waals surface area contributed by atoms with Gasteiger partial charge in [-0.05, 0) is 31.1 Å². The lowest BCUT2D eigenvalue weighted by atomic mass is 10.1. The van der Waals surface area contributed by atoms with Crippen LogP contribution in [0.3, 0.4) is 0 Å². The minimum Gasteiger partial charge on any atom is -0.381 e. The molecule has 0 spiro atoms. The zero-order chi connectivity index (χ0) is 11.6. The Bertz CT molecular complexity index is 386. The molecule has 1 aliphatic heterocycles. The van der Waals surface area contributed by atoms with Gasteiger partial charge in [0.2, 0.25) is 0 Å². The molecule has 0 aromatic heterocycles. The summed E-state index contributed by atoms with van der Waals surface area (Å²) in [5, 5.41) is 8.45. The predicted molar refractivity (Wildman–Crippen MR) is 59.5 cm³/mol. The second-order valence-corrected chi connectivity index (χ2v) is 7.23. The number of sulfone groups is 1. The fourth-order valence-corrected chi connectivity index (χ4v) is 4.69. The maximum Gasteiger partial charge on any atom is 0.153 e. The maximum absolute atomic E-state index is 12.2. The van der Waals surface area contributed by atoms with E-state index in [0.29, 0.717) is 32.5 Å². The maximum atomic E-state index is 12.2. The predicted octanol–water partition coefficient (Wildman–Crippen LogP) is 1.27. The molecule has 2 rings (SSSR count). The third-order valence-electron chi connectivity index (χ3n) is 3.59. The number of hydrogen-bond donors (Lipinski definition) is 0. The van der Waals surface area contributed by atoms with Crippen molar-refractivity contribution in [3.05, 3.63) is 0 Å². The normalized spacial score (nSPS) is 24.9. The van der Waals surface area contributed by atoms with Gasteiger partial charge < -0.3 is 4.74 Å². The Kier molecular flexibility index (Phi) is 3.22. The SMILES string of the molecule is N#CCC1(CS(=O)(=O)C2CCOCC2)CC1. The average Bonchev–Trinajstić information content (AvgIpc) is 2.99. The van der Waals surface area contributed by atoms with E-state index in [0.717, 1.165) is 12.8 Å². The summed E-state index contributed by atoms with van der Waals surface area (Å²) >= 11 is 0. The van der Waals surface area contributed by atoms with Crippen LogP contribution in [0.5, 0.6) is 0 Å². The van der Waals surface area contributed by atoms with Gasteiger partial charge in [0, 0.05) is 19.6 Å². The molecule has 0 radical (unpaired) electrons. The minimum atomic E-state index is -3.03. The van der Waals surface area contributed by atoms with Crippen molar-refractivity contribution in [1.82, 2.24) is 0 Å². The molecule has 16 heavy (non-hydrogen) atoms. The molecule has 0 atom stereocenters. The molecular weight excluding hydrogens is 226 g/mol. The van der Waals surface area contributed by atoms with Gasteiger partial charge in [-0.15, -0.1) is 0 Å². The quantitative estimate of drug-likeness (QED) is 0.745. The molecule has 0 N–H and O–H groups in total. The molecule has 1 saturated carbocycles. The molecule has 90 valence electrons. The number of nitriles is 1. The lowest BCUT2D eigenvalue weighted by Gasteiger charge is -2.24.